The average Bonchev–Trinajstić information content (AvgIpc) is 2.93. The quantitative estimate of drug-likeness (QED) is 0.816. The molecular formula is C17H25N5OS. The van der Waals surface area contributed by atoms with E-state index in [1.807, 2.05) is 18.2 Å². The lowest BCUT2D eigenvalue weighted by molar-refractivity contribution is 0.232. The van der Waals surface area contributed by atoms with Crippen LogP contribution in [0.1, 0.15) is 26.6 Å². The third-order valence-corrected chi connectivity index (χ3v) is 5.00. The summed E-state index contributed by atoms with van der Waals surface area (Å²) < 4.78 is 2.11. The number of hydrogen-bond acceptors (Lipinski definition) is 5. The van der Waals surface area contributed by atoms with Crippen molar-refractivity contribution in [3.63, 3.8) is 0 Å². The molecule has 0 radical (unpaired) electrons. The van der Waals surface area contributed by atoms with Crippen molar-refractivity contribution in [1.82, 2.24) is 19.2 Å². The van der Waals surface area contributed by atoms with E-state index in [9.17, 15) is 4.79 Å². The summed E-state index contributed by atoms with van der Waals surface area (Å²) in [7, 11) is 2.10. The number of nitrogens with zero attached hydrogens (tertiary/aromatic N) is 3. The lowest BCUT2D eigenvalue weighted by Crippen LogP contribution is -2.41. The van der Waals surface area contributed by atoms with Crippen molar-refractivity contribution in [2.24, 2.45) is 0 Å². The molecule has 3 rings (SSSR count). The van der Waals surface area contributed by atoms with Crippen molar-refractivity contribution in [3.8, 4) is 0 Å². The van der Waals surface area contributed by atoms with E-state index in [0.717, 1.165) is 48.7 Å². The number of imidazole rings is 1. The first-order valence-corrected chi connectivity index (χ1v) is 9.01. The van der Waals surface area contributed by atoms with Gasteiger partial charge in [-0.3, -0.25) is 4.79 Å². The third-order valence-electron chi connectivity index (χ3n) is 4.11. The van der Waals surface area contributed by atoms with E-state index in [2.05, 4.69) is 52.3 Å². The predicted molar refractivity (Wildman–Crippen MR) is 100 cm³/mol. The summed E-state index contributed by atoms with van der Waals surface area (Å²) in [5, 5.41) is 2.91. The Morgan fingerprint density at radius 3 is 2.62 bits per heavy atom. The Bertz CT molecular complexity index is 728. The van der Waals surface area contributed by atoms with E-state index in [0.29, 0.717) is 0 Å². The van der Waals surface area contributed by atoms with Crippen molar-refractivity contribution < 1.29 is 4.79 Å². The van der Waals surface area contributed by atoms with E-state index in [-0.39, 0.29) is 10.7 Å². The summed E-state index contributed by atoms with van der Waals surface area (Å²) in [6.07, 6.45) is 0. The average molecular weight is 347 g/mol. The molecule has 0 saturated carbocycles. The Balaban J connectivity index is 1.65. The van der Waals surface area contributed by atoms with Crippen LogP contribution in [0.2, 0.25) is 0 Å². The number of aromatic nitrogens is 2. The smallest absolute Gasteiger partial charge is 0.298 e. The minimum atomic E-state index is -0.0468. The van der Waals surface area contributed by atoms with Crippen molar-refractivity contribution in [1.29, 1.82) is 0 Å². The number of nitrogens with one attached hydrogen (secondary N) is 2. The van der Waals surface area contributed by atoms with E-state index in [1.165, 1.54) is 11.9 Å². The zero-order chi connectivity index (χ0) is 17.3. The summed E-state index contributed by atoms with van der Waals surface area (Å²) >= 11 is 1.26. The second-order valence-corrected chi connectivity index (χ2v) is 8.37. The maximum Gasteiger partial charge on any atom is 0.298 e. The largest absolute Gasteiger partial charge is 0.341 e. The van der Waals surface area contributed by atoms with Crippen LogP contribution >= 0.6 is 11.9 Å². The van der Waals surface area contributed by atoms with Gasteiger partial charge in [0.1, 0.15) is 5.82 Å². The molecule has 1 aromatic heterocycles. The fourth-order valence-electron chi connectivity index (χ4n) is 2.58. The molecule has 1 fully saturated rings. The molecule has 2 N–H and O–H groups in total. The van der Waals surface area contributed by atoms with Crippen LogP contribution in [0.5, 0.6) is 0 Å². The van der Waals surface area contributed by atoms with Crippen molar-refractivity contribution in [3.05, 3.63) is 24.0 Å². The number of likely N-dealkylation sites (N-methyl/N-ethyl adjacent to an activating group) is 1. The minimum absolute atomic E-state index is 0.0281. The molecule has 2 aromatic rings. The summed E-state index contributed by atoms with van der Waals surface area (Å²) in [4.78, 5) is 22.5. The van der Waals surface area contributed by atoms with Crippen LogP contribution < -0.4 is 5.32 Å². The van der Waals surface area contributed by atoms with Crippen LogP contribution in [0.15, 0.2) is 18.2 Å². The molecule has 0 unspecified atom stereocenters. The molecule has 1 aliphatic heterocycles. The molecule has 7 heteroatoms. The lowest BCUT2D eigenvalue weighted by atomic mass is 9.96. The standard InChI is InChI=1S/C17H25N5OS/c1-17(2,3)15-19-13-6-5-12(11-14(13)20-15)18-16(23)24-22-9-7-21(4)8-10-22/h5-6,11H,7-10H2,1-4H3,(H,18,23)(H,19,20). The van der Waals surface area contributed by atoms with Gasteiger partial charge in [0.25, 0.3) is 5.24 Å². The molecule has 1 aromatic carbocycles. The first-order valence-electron chi connectivity index (χ1n) is 8.24. The predicted octanol–water partition coefficient (Wildman–Crippen LogP) is 3.29. The minimum Gasteiger partial charge on any atom is -0.341 e. The van der Waals surface area contributed by atoms with E-state index in [4.69, 9.17) is 0 Å². The molecule has 2 heterocycles. The van der Waals surface area contributed by atoms with Crippen molar-refractivity contribution in [2.45, 2.75) is 26.2 Å². The van der Waals surface area contributed by atoms with E-state index >= 15 is 0 Å². The summed E-state index contributed by atoms with van der Waals surface area (Å²) in [5.74, 6) is 0.952. The van der Waals surface area contributed by atoms with Crippen LogP contribution in [0, 0.1) is 0 Å². The van der Waals surface area contributed by atoms with Crippen LogP contribution in [0.4, 0.5) is 10.5 Å². The fourth-order valence-corrected chi connectivity index (χ4v) is 3.32. The lowest BCUT2D eigenvalue weighted by Gasteiger charge is -2.30. The summed E-state index contributed by atoms with van der Waals surface area (Å²) in [6, 6.07) is 5.79. The maximum absolute atomic E-state index is 12.2. The number of aromatic amines is 1. The second kappa shape index (κ2) is 6.74. The Labute approximate surface area is 147 Å². The molecule has 0 bridgehead atoms. The molecule has 130 valence electrons. The number of anilines is 1. The molecular weight excluding hydrogens is 322 g/mol. The van der Waals surface area contributed by atoms with Gasteiger partial charge in [0, 0.05) is 49.2 Å². The number of H-pyrrole nitrogens is 1. The first kappa shape index (κ1) is 17.3. The number of fused-ring (bicyclic) bond motifs is 1. The number of carbonyl (C=O) groups excluding carboxylic acids is 1. The highest BCUT2D eigenvalue weighted by Gasteiger charge is 2.19. The van der Waals surface area contributed by atoms with Gasteiger partial charge in [-0.25, -0.2) is 9.29 Å². The van der Waals surface area contributed by atoms with Crippen molar-refractivity contribution in [2.75, 3.05) is 38.5 Å². The van der Waals surface area contributed by atoms with Crippen LogP contribution in [0.3, 0.4) is 0 Å². The molecule has 1 aliphatic rings. The van der Waals surface area contributed by atoms with Gasteiger partial charge in [-0.15, -0.1) is 0 Å². The summed E-state index contributed by atoms with van der Waals surface area (Å²) in [6.45, 7) is 10.2. The molecule has 24 heavy (non-hydrogen) atoms. The highest BCUT2D eigenvalue weighted by Crippen LogP contribution is 2.25. The molecule has 0 atom stereocenters. The van der Waals surface area contributed by atoms with Gasteiger partial charge in [-0.05, 0) is 25.2 Å². The normalized spacial score (nSPS) is 17.3. The maximum atomic E-state index is 12.2. The molecule has 1 saturated heterocycles. The van der Waals surface area contributed by atoms with Gasteiger partial charge >= 0.3 is 0 Å². The first-order chi connectivity index (χ1) is 11.3. The van der Waals surface area contributed by atoms with Gasteiger partial charge < -0.3 is 15.2 Å². The molecule has 6 nitrogen and oxygen atoms in total. The third kappa shape index (κ3) is 4.09. The molecule has 1 amide bonds. The number of hydrogen-bond donors (Lipinski definition) is 2. The Morgan fingerprint density at radius 2 is 1.96 bits per heavy atom. The second-order valence-electron chi connectivity index (χ2n) is 7.30. The monoisotopic (exact) mass is 347 g/mol. The number of piperazine rings is 1. The van der Waals surface area contributed by atoms with Gasteiger partial charge in [-0.2, -0.15) is 0 Å². The van der Waals surface area contributed by atoms with Gasteiger partial charge in [-0.1, -0.05) is 20.8 Å². The molecule has 0 spiro atoms. The Kier molecular flexibility index (Phi) is 4.85. The van der Waals surface area contributed by atoms with E-state index in [1.54, 1.807) is 0 Å². The number of carbonyl (C=O) groups is 1. The van der Waals surface area contributed by atoms with Crippen molar-refractivity contribution >= 4 is 33.9 Å². The number of rotatable bonds is 2. The van der Waals surface area contributed by atoms with E-state index < -0.39 is 0 Å². The molecule has 0 aliphatic carbocycles. The van der Waals surface area contributed by atoms with Crippen LogP contribution in [-0.2, 0) is 5.41 Å². The Hall–Kier alpha value is -1.57. The number of amides is 1. The fraction of sp³-hybridized carbons (Fsp3) is 0.529. The number of benzene rings is 1. The summed E-state index contributed by atoms with van der Waals surface area (Å²) in [5.41, 5.74) is 2.63. The zero-order valence-corrected chi connectivity index (χ0v) is 15.5. The van der Waals surface area contributed by atoms with Gasteiger partial charge in [0.05, 0.1) is 11.0 Å². The Morgan fingerprint density at radius 1 is 1.25 bits per heavy atom. The van der Waals surface area contributed by atoms with Crippen LogP contribution in [-0.4, -0.2) is 57.6 Å². The highest BCUT2D eigenvalue weighted by molar-refractivity contribution is 8.11. The zero-order valence-electron chi connectivity index (χ0n) is 14.7. The SMILES string of the molecule is CN1CCN(SC(=O)Nc2ccc3nc(C(C)(C)C)[nH]c3c2)CC1. The van der Waals surface area contributed by atoms with Gasteiger partial charge in [0.2, 0.25) is 0 Å². The highest BCUT2D eigenvalue weighted by atomic mass is 32.2. The van der Waals surface area contributed by atoms with Gasteiger partial charge in [0.15, 0.2) is 0 Å². The van der Waals surface area contributed by atoms with Crippen LogP contribution in [0.25, 0.3) is 11.0 Å². The topological polar surface area (TPSA) is 64.3 Å².